The molecule has 9 heteroatoms. The van der Waals surface area contributed by atoms with Crippen molar-refractivity contribution in [2.75, 3.05) is 39.2 Å². The highest BCUT2D eigenvalue weighted by atomic mass is 19.1. The van der Waals surface area contributed by atoms with Crippen LogP contribution in [0.1, 0.15) is 43.6 Å². The summed E-state index contributed by atoms with van der Waals surface area (Å²) in [6.07, 6.45) is -0.210. The second-order valence-corrected chi connectivity index (χ2v) is 10.1. The molecule has 0 aliphatic carbocycles. The fourth-order valence-electron chi connectivity index (χ4n) is 4.45. The Labute approximate surface area is 219 Å². The van der Waals surface area contributed by atoms with E-state index in [0.29, 0.717) is 43.2 Å². The molecule has 0 fully saturated rings. The molecule has 0 aromatic heterocycles. The average molecular weight is 515 g/mol. The molecule has 8 nitrogen and oxygen atoms in total. The number of carbonyl (C=O) groups excluding carboxylic acids is 2. The van der Waals surface area contributed by atoms with Gasteiger partial charge in [-0.1, -0.05) is 19.1 Å². The summed E-state index contributed by atoms with van der Waals surface area (Å²) in [5, 5.41) is 5.56. The van der Waals surface area contributed by atoms with Crippen LogP contribution in [0, 0.1) is 11.7 Å². The summed E-state index contributed by atoms with van der Waals surface area (Å²) in [4.78, 5) is 29.6. The number of carbonyl (C=O) groups is 2. The summed E-state index contributed by atoms with van der Waals surface area (Å²) in [7, 11) is 3.38. The summed E-state index contributed by atoms with van der Waals surface area (Å²) in [6.45, 7) is 9.83. The van der Waals surface area contributed by atoms with Crippen molar-refractivity contribution < 1.29 is 23.5 Å². The minimum atomic E-state index is -0.347. The van der Waals surface area contributed by atoms with Gasteiger partial charge in [0.2, 0.25) is 0 Å². The van der Waals surface area contributed by atoms with Crippen LogP contribution in [0.5, 0.6) is 5.75 Å². The van der Waals surface area contributed by atoms with E-state index in [1.807, 2.05) is 19.9 Å². The molecule has 3 atom stereocenters. The first-order valence-corrected chi connectivity index (χ1v) is 12.7. The highest BCUT2D eigenvalue weighted by Crippen LogP contribution is 2.27. The van der Waals surface area contributed by atoms with Crippen LogP contribution < -0.4 is 15.4 Å². The van der Waals surface area contributed by atoms with Crippen molar-refractivity contribution in [3.05, 3.63) is 59.4 Å². The first kappa shape index (κ1) is 28.4. The minimum absolute atomic E-state index is 0.0230. The van der Waals surface area contributed by atoms with Crippen LogP contribution in [-0.4, -0.2) is 73.8 Å². The van der Waals surface area contributed by atoms with Gasteiger partial charge in [0, 0.05) is 51.6 Å². The number of rotatable bonds is 5. The van der Waals surface area contributed by atoms with E-state index in [1.165, 1.54) is 6.07 Å². The van der Waals surface area contributed by atoms with E-state index in [-0.39, 0.29) is 41.9 Å². The van der Waals surface area contributed by atoms with Crippen LogP contribution in [0.15, 0.2) is 42.5 Å². The number of halogens is 1. The molecule has 2 aromatic carbocycles. The van der Waals surface area contributed by atoms with Gasteiger partial charge in [0.15, 0.2) is 0 Å². The van der Waals surface area contributed by atoms with Crippen LogP contribution >= 0.6 is 0 Å². The molecule has 0 unspecified atom stereocenters. The number of hydrogen-bond acceptors (Lipinski definition) is 5. The van der Waals surface area contributed by atoms with Crippen LogP contribution in [0.4, 0.5) is 14.9 Å². The second-order valence-electron chi connectivity index (χ2n) is 10.1. The van der Waals surface area contributed by atoms with Crippen LogP contribution in [0.3, 0.4) is 0 Å². The van der Waals surface area contributed by atoms with Gasteiger partial charge in [0.05, 0.1) is 11.7 Å². The number of benzene rings is 2. The van der Waals surface area contributed by atoms with Crippen molar-refractivity contribution in [2.45, 2.75) is 52.4 Å². The van der Waals surface area contributed by atoms with Crippen molar-refractivity contribution in [1.29, 1.82) is 0 Å². The molecule has 0 bridgehead atoms. The zero-order chi connectivity index (χ0) is 27.1. The third kappa shape index (κ3) is 7.90. The van der Waals surface area contributed by atoms with Gasteiger partial charge >= 0.3 is 6.03 Å². The molecular weight excluding hydrogens is 475 g/mol. The Bertz CT molecular complexity index is 1080. The first-order chi connectivity index (χ1) is 17.6. The number of anilines is 1. The number of urea groups is 1. The summed E-state index contributed by atoms with van der Waals surface area (Å²) in [5.41, 5.74) is 1.73. The third-order valence-corrected chi connectivity index (χ3v) is 6.53. The highest BCUT2D eigenvalue weighted by Gasteiger charge is 2.28. The average Bonchev–Trinajstić information content (AvgIpc) is 2.84. The lowest BCUT2D eigenvalue weighted by Crippen LogP contribution is -2.46. The van der Waals surface area contributed by atoms with E-state index in [4.69, 9.17) is 9.47 Å². The van der Waals surface area contributed by atoms with E-state index < -0.39 is 0 Å². The van der Waals surface area contributed by atoms with Gasteiger partial charge in [-0.2, -0.15) is 0 Å². The molecule has 0 radical (unpaired) electrons. The highest BCUT2D eigenvalue weighted by molar-refractivity contribution is 5.99. The predicted octanol–water partition coefficient (Wildman–Crippen LogP) is 4.36. The Hall–Kier alpha value is -3.17. The van der Waals surface area contributed by atoms with Gasteiger partial charge in [-0.3, -0.25) is 9.69 Å². The maximum absolute atomic E-state index is 13.9. The number of methoxy groups -OCH3 is 1. The van der Waals surface area contributed by atoms with Gasteiger partial charge in [0.25, 0.3) is 5.91 Å². The zero-order valence-corrected chi connectivity index (χ0v) is 22.6. The van der Waals surface area contributed by atoms with Gasteiger partial charge in [0.1, 0.15) is 18.2 Å². The molecule has 2 N–H and O–H groups in total. The molecule has 202 valence electrons. The molecule has 2 aromatic rings. The standard InChI is InChI=1S/C28H39FN4O4/c1-18(2)30-28(35)31-23-10-11-25-24(13-23)27(34)32(5)16-26(36-6)19(3)14-33(20(4)17-37-25)15-21-8-7-9-22(29)12-21/h7-13,18-20,26H,14-17H2,1-6H3,(H2,30,31,35)/t19-,20-,26-/m0/s1. The van der Waals surface area contributed by atoms with E-state index in [9.17, 15) is 14.0 Å². The Kier molecular flexibility index (Phi) is 9.88. The van der Waals surface area contributed by atoms with Gasteiger partial charge in [-0.15, -0.1) is 0 Å². The third-order valence-electron chi connectivity index (χ3n) is 6.53. The van der Waals surface area contributed by atoms with Crippen LogP contribution in [0.2, 0.25) is 0 Å². The fraction of sp³-hybridized carbons (Fsp3) is 0.500. The normalized spacial score (nSPS) is 21.5. The van der Waals surface area contributed by atoms with Crippen molar-refractivity contribution in [3.63, 3.8) is 0 Å². The van der Waals surface area contributed by atoms with Crippen molar-refractivity contribution >= 4 is 17.6 Å². The molecule has 0 saturated carbocycles. The summed E-state index contributed by atoms with van der Waals surface area (Å²) in [6, 6.07) is 11.3. The smallest absolute Gasteiger partial charge is 0.319 e. The van der Waals surface area contributed by atoms with Gasteiger partial charge in [-0.05, 0) is 62.6 Å². The summed E-state index contributed by atoms with van der Waals surface area (Å²) in [5.74, 6) is 0.0378. The van der Waals surface area contributed by atoms with Crippen molar-refractivity contribution in [1.82, 2.24) is 15.1 Å². The molecule has 1 heterocycles. The zero-order valence-electron chi connectivity index (χ0n) is 22.6. The van der Waals surface area contributed by atoms with E-state index in [1.54, 1.807) is 49.4 Å². The van der Waals surface area contributed by atoms with Crippen molar-refractivity contribution in [2.24, 2.45) is 5.92 Å². The van der Waals surface area contributed by atoms with Crippen LogP contribution in [-0.2, 0) is 11.3 Å². The molecule has 3 rings (SSSR count). The molecule has 1 aliphatic rings. The number of nitrogens with one attached hydrogen (secondary N) is 2. The quantitative estimate of drug-likeness (QED) is 0.620. The van der Waals surface area contributed by atoms with E-state index in [0.717, 1.165) is 5.56 Å². The summed E-state index contributed by atoms with van der Waals surface area (Å²) >= 11 is 0. The van der Waals surface area contributed by atoms with E-state index in [2.05, 4.69) is 29.4 Å². The summed E-state index contributed by atoms with van der Waals surface area (Å²) < 4.78 is 25.8. The molecule has 1 aliphatic heterocycles. The molecule has 0 saturated heterocycles. The number of hydrogen-bond donors (Lipinski definition) is 2. The van der Waals surface area contributed by atoms with Crippen molar-refractivity contribution in [3.8, 4) is 5.75 Å². The van der Waals surface area contributed by atoms with Gasteiger partial charge < -0.3 is 25.0 Å². The molecule has 37 heavy (non-hydrogen) atoms. The van der Waals surface area contributed by atoms with Crippen LogP contribution in [0.25, 0.3) is 0 Å². The molecule has 0 spiro atoms. The maximum Gasteiger partial charge on any atom is 0.319 e. The number of likely N-dealkylation sites (N-methyl/N-ethyl adjacent to an activating group) is 1. The second kappa shape index (κ2) is 12.9. The lowest BCUT2D eigenvalue weighted by atomic mass is 10.0. The number of nitrogens with zero attached hydrogens (tertiary/aromatic N) is 2. The minimum Gasteiger partial charge on any atom is -0.491 e. The lowest BCUT2D eigenvalue weighted by molar-refractivity contribution is 0.00920. The SMILES string of the molecule is CO[C@H]1CN(C)C(=O)c2cc(NC(=O)NC(C)C)ccc2OC[C@H](C)N(Cc2cccc(F)c2)C[C@@H]1C. The Morgan fingerprint density at radius 3 is 2.62 bits per heavy atom. The Balaban J connectivity index is 1.91. The number of amides is 3. The monoisotopic (exact) mass is 514 g/mol. The maximum atomic E-state index is 13.9. The predicted molar refractivity (Wildman–Crippen MR) is 142 cm³/mol. The largest absolute Gasteiger partial charge is 0.491 e. The van der Waals surface area contributed by atoms with Gasteiger partial charge in [-0.25, -0.2) is 9.18 Å². The lowest BCUT2D eigenvalue weighted by Gasteiger charge is -2.36. The molecule has 3 amide bonds. The Morgan fingerprint density at radius 2 is 1.95 bits per heavy atom. The fourth-order valence-corrected chi connectivity index (χ4v) is 4.45. The first-order valence-electron chi connectivity index (χ1n) is 12.7. The molecular formula is C28H39FN4O4. The van der Waals surface area contributed by atoms with E-state index >= 15 is 0 Å². The Morgan fingerprint density at radius 1 is 1.19 bits per heavy atom. The number of ether oxygens (including phenoxy) is 2. The number of fused-ring (bicyclic) bond motifs is 1. The topological polar surface area (TPSA) is 83.1 Å².